The predicted octanol–water partition coefficient (Wildman–Crippen LogP) is 1.48. The first-order valence-electron chi connectivity index (χ1n) is 4.62. The number of amides is 1. The molecule has 0 bridgehead atoms. The highest BCUT2D eigenvalue weighted by Crippen LogP contribution is 2.44. The highest BCUT2D eigenvalue weighted by atomic mass is 16.6. The molecule has 2 fully saturated rings. The molecule has 1 aliphatic heterocycles. The molecule has 0 N–H and O–H groups in total. The number of hydrogen-bond donors (Lipinski definition) is 0. The van der Waals surface area contributed by atoms with Crippen molar-refractivity contribution in [3.63, 3.8) is 0 Å². The van der Waals surface area contributed by atoms with Crippen molar-refractivity contribution in [1.29, 1.82) is 0 Å². The fourth-order valence-corrected chi connectivity index (χ4v) is 1.82. The lowest BCUT2D eigenvalue weighted by molar-refractivity contribution is 0.0804. The standard InChI is InChI=1S/C9H15NO2/c1-6(2)12-9(11)10-4-7-3-8(7)5-10/h6-8H,3-5H2,1-2H3/t7-,8+. The molecule has 1 saturated carbocycles. The Morgan fingerprint density at radius 1 is 1.42 bits per heavy atom. The molecule has 0 aromatic carbocycles. The summed E-state index contributed by atoms with van der Waals surface area (Å²) in [6.45, 7) is 5.62. The number of carbonyl (C=O) groups is 1. The Morgan fingerprint density at radius 2 is 2.00 bits per heavy atom. The number of hydrogen-bond acceptors (Lipinski definition) is 2. The van der Waals surface area contributed by atoms with Gasteiger partial charge < -0.3 is 9.64 Å². The summed E-state index contributed by atoms with van der Waals surface area (Å²) in [6.07, 6.45) is 1.21. The van der Waals surface area contributed by atoms with Gasteiger partial charge in [0.15, 0.2) is 0 Å². The van der Waals surface area contributed by atoms with Crippen LogP contribution >= 0.6 is 0 Å². The van der Waals surface area contributed by atoms with E-state index in [1.165, 1.54) is 6.42 Å². The van der Waals surface area contributed by atoms with Gasteiger partial charge in [-0.05, 0) is 32.1 Å². The monoisotopic (exact) mass is 169 g/mol. The van der Waals surface area contributed by atoms with Gasteiger partial charge in [0.2, 0.25) is 0 Å². The number of likely N-dealkylation sites (tertiary alicyclic amines) is 1. The summed E-state index contributed by atoms with van der Waals surface area (Å²) in [6, 6.07) is 0. The summed E-state index contributed by atoms with van der Waals surface area (Å²) >= 11 is 0. The smallest absolute Gasteiger partial charge is 0.410 e. The average molecular weight is 169 g/mol. The molecule has 0 aromatic rings. The van der Waals surface area contributed by atoms with Gasteiger partial charge in [-0.15, -0.1) is 0 Å². The molecule has 2 aliphatic rings. The lowest BCUT2D eigenvalue weighted by atomic mass is 10.4. The number of fused-ring (bicyclic) bond motifs is 1. The van der Waals surface area contributed by atoms with Crippen molar-refractivity contribution >= 4 is 6.09 Å². The van der Waals surface area contributed by atoms with Gasteiger partial charge in [-0.1, -0.05) is 0 Å². The first-order chi connectivity index (χ1) is 5.66. The van der Waals surface area contributed by atoms with Crippen molar-refractivity contribution < 1.29 is 9.53 Å². The predicted molar refractivity (Wildman–Crippen MR) is 44.8 cm³/mol. The molecular weight excluding hydrogens is 154 g/mol. The molecule has 0 spiro atoms. The normalized spacial score (nSPS) is 32.1. The van der Waals surface area contributed by atoms with Crippen molar-refractivity contribution in [2.45, 2.75) is 26.4 Å². The SMILES string of the molecule is CC(C)OC(=O)N1C[C@H]2C[C@H]2C1. The molecule has 3 nitrogen and oxygen atoms in total. The van der Waals surface area contributed by atoms with E-state index in [1.807, 2.05) is 18.7 Å². The maximum absolute atomic E-state index is 11.3. The number of carbonyl (C=O) groups excluding carboxylic acids is 1. The molecule has 1 amide bonds. The summed E-state index contributed by atoms with van der Waals surface area (Å²) in [7, 11) is 0. The lowest BCUT2D eigenvalue weighted by Crippen LogP contribution is -2.32. The van der Waals surface area contributed by atoms with Crippen LogP contribution in [0.15, 0.2) is 0 Å². The minimum atomic E-state index is -0.128. The van der Waals surface area contributed by atoms with Gasteiger partial charge in [0, 0.05) is 13.1 Å². The molecular formula is C9H15NO2. The molecule has 1 aliphatic carbocycles. The zero-order valence-electron chi connectivity index (χ0n) is 7.62. The molecule has 1 heterocycles. The summed E-state index contributed by atoms with van der Waals surface area (Å²) in [5.74, 6) is 1.59. The molecule has 1 saturated heterocycles. The molecule has 2 rings (SSSR count). The molecule has 0 unspecified atom stereocenters. The molecule has 2 atom stereocenters. The third-order valence-corrected chi connectivity index (χ3v) is 2.57. The summed E-state index contributed by atoms with van der Waals surface area (Å²) in [5, 5.41) is 0. The molecule has 68 valence electrons. The van der Waals surface area contributed by atoms with Crippen molar-refractivity contribution in [1.82, 2.24) is 4.90 Å². The Morgan fingerprint density at radius 3 is 2.50 bits per heavy atom. The molecule has 3 heteroatoms. The number of piperidine rings is 1. The lowest BCUT2D eigenvalue weighted by Gasteiger charge is -2.18. The largest absolute Gasteiger partial charge is 0.447 e. The van der Waals surface area contributed by atoms with Gasteiger partial charge in [-0.25, -0.2) is 4.79 Å². The molecule has 12 heavy (non-hydrogen) atoms. The van der Waals surface area contributed by atoms with E-state index in [-0.39, 0.29) is 12.2 Å². The Balaban J connectivity index is 1.81. The van der Waals surface area contributed by atoms with Crippen LogP contribution in [0.5, 0.6) is 0 Å². The van der Waals surface area contributed by atoms with Crippen LogP contribution in [0.1, 0.15) is 20.3 Å². The van der Waals surface area contributed by atoms with Gasteiger partial charge in [0.05, 0.1) is 6.10 Å². The van der Waals surface area contributed by atoms with E-state index >= 15 is 0 Å². The van der Waals surface area contributed by atoms with Gasteiger partial charge in [-0.3, -0.25) is 0 Å². The van der Waals surface area contributed by atoms with Gasteiger partial charge in [0.1, 0.15) is 0 Å². The fraction of sp³-hybridized carbons (Fsp3) is 0.889. The summed E-state index contributed by atoms with van der Waals surface area (Å²) in [5.41, 5.74) is 0. The fourth-order valence-electron chi connectivity index (χ4n) is 1.82. The van der Waals surface area contributed by atoms with Crippen LogP contribution in [0, 0.1) is 11.8 Å². The maximum atomic E-state index is 11.3. The molecule has 0 aromatic heterocycles. The van der Waals surface area contributed by atoms with Crippen molar-refractivity contribution in [3.8, 4) is 0 Å². The van der Waals surface area contributed by atoms with Crippen LogP contribution in [-0.2, 0) is 4.74 Å². The maximum Gasteiger partial charge on any atom is 0.410 e. The van der Waals surface area contributed by atoms with Crippen LogP contribution in [0.2, 0.25) is 0 Å². The Hall–Kier alpha value is -0.730. The van der Waals surface area contributed by atoms with Gasteiger partial charge >= 0.3 is 6.09 Å². The zero-order valence-corrected chi connectivity index (χ0v) is 7.62. The Kier molecular flexibility index (Phi) is 1.74. The van der Waals surface area contributed by atoms with E-state index in [0.717, 1.165) is 24.9 Å². The molecule has 0 radical (unpaired) electrons. The number of ether oxygens (including phenoxy) is 1. The Labute approximate surface area is 72.7 Å². The van der Waals surface area contributed by atoms with Crippen LogP contribution in [-0.4, -0.2) is 30.2 Å². The van der Waals surface area contributed by atoms with E-state index < -0.39 is 0 Å². The van der Waals surface area contributed by atoms with Crippen molar-refractivity contribution in [2.75, 3.05) is 13.1 Å². The van der Waals surface area contributed by atoms with E-state index in [4.69, 9.17) is 4.74 Å². The minimum absolute atomic E-state index is 0.00873. The second-order valence-corrected chi connectivity index (χ2v) is 4.09. The second-order valence-electron chi connectivity index (χ2n) is 4.09. The first kappa shape index (κ1) is 7.90. The summed E-state index contributed by atoms with van der Waals surface area (Å²) in [4.78, 5) is 13.2. The number of nitrogens with zero attached hydrogens (tertiary/aromatic N) is 1. The summed E-state index contributed by atoms with van der Waals surface area (Å²) < 4.78 is 5.09. The van der Waals surface area contributed by atoms with E-state index in [0.29, 0.717) is 0 Å². The average Bonchev–Trinajstić information content (AvgIpc) is 2.57. The van der Waals surface area contributed by atoms with Gasteiger partial charge in [0.25, 0.3) is 0 Å². The van der Waals surface area contributed by atoms with Crippen LogP contribution < -0.4 is 0 Å². The second kappa shape index (κ2) is 2.64. The highest BCUT2D eigenvalue weighted by Gasteiger charge is 2.47. The topological polar surface area (TPSA) is 29.5 Å². The van der Waals surface area contributed by atoms with Crippen molar-refractivity contribution in [2.24, 2.45) is 11.8 Å². The van der Waals surface area contributed by atoms with Crippen LogP contribution in [0.25, 0.3) is 0 Å². The third-order valence-electron chi connectivity index (χ3n) is 2.57. The van der Waals surface area contributed by atoms with E-state index in [2.05, 4.69) is 0 Å². The van der Waals surface area contributed by atoms with Gasteiger partial charge in [-0.2, -0.15) is 0 Å². The first-order valence-corrected chi connectivity index (χ1v) is 4.62. The van der Waals surface area contributed by atoms with Crippen LogP contribution in [0.4, 0.5) is 4.79 Å². The highest BCUT2D eigenvalue weighted by molar-refractivity contribution is 5.68. The van der Waals surface area contributed by atoms with Crippen LogP contribution in [0.3, 0.4) is 0 Å². The van der Waals surface area contributed by atoms with Crippen molar-refractivity contribution in [3.05, 3.63) is 0 Å². The Bertz CT molecular complexity index is 193. The van der Waals surface area contributed by atoms with E-state index in [1.54, 1.807) is 0 Å². The quantitative estimate of drug-likeness (QED) is 0.595. The van der Waals surface area contributed by atoms with E-state index in [9.17, 15) is 4.79 Å². The third kappa shape index (κ3) is 1.40. The minimum Gasteiger partial charge on any atom is -0.447 e. The number of rotatable bonds is 1. The zero-order chi connectivity index (χ0) is 8.72.